The normalized spacial score (nSPS) is 10.9. The van der Waals surface area contributed by atoms with Gasteiger partial charge < -0.3 is 9.52 Å². The van der Waals surface area contributed by atoms with Crippen molar-refractivity contribution in [1.29, 1.82) is 0 Å². The third kappa shape index (κ3) is 2.30. The number of oxazole rings is 1. The van der Waals surface area contributed by atoms with E-state index in [-0.39, 0.29) is 5.56 Å². The lowest BCUT2D eigenvalue weighted by molar-refractivity contribution is 0.0697. The van der Waals surface area contributed by atoms with Crippen LogP contribution in [0, 0.1) is 0 Å². The minimum absolute atomic E-state index is 0.155. The fourth-order valence-electron chi connectivity index (χ4n) is 1.84. The van der Waals surface area contributed by atoms with Gasteiger partial charge in [-0.2, -0.15) is 0 Å². The molecule has 4 nitrogen and oxygen atoms in total. The van der Waals surface area contributed by atoms with Crippen LogP contribution in [-0.2, 0) is 0 Å². The molecule has 6 heteroatoms. The van der Waals surface area contributed by atoms with Crippen LogP contribution in [0.2, 0.25) is 5.02 Å². The molecule has 0 aliphatic carbocycles. The van der Waals surface area contributed by atoms with Gasteiger partial charge in [0, 0.05) is 4.47 Å². The highest BCUT2D eigenvalue weighted by Crippen LogP contribution is 2.32. The van der Waals surface area contributed by atoms with Crippen molar-refractivity contribution in [3.8, 4) is 11.5 Å². The lowest BCUT2D eigenvalue weighted by Gasteiger charge is -1.99. The fourth-order valence-corrected chi connectivity index (χ4v) is 2.59. The predicted molar refractivity (Wildman–Crippen MR) is 79.1 cm³/mol. The van der Waals surface area contributed by atoms with Crippen LogP contribution in [-0.4, -0.2) is 16.1 Å². The zero-order valence-electron chi connectivity index (χ0n) is 9.93. The van der Waals surface area contributed by atoms with Crippen molar-refractivity contribution in [2.75, 3.05) is 0 Å². The summed E-state index contributed by atoms with van der Waals surface area (Å²) in [6.45, 7) is 0. The fraction of sp³-hybridized carbons (Fsp3) is 0. The van der Waals surface area contributed by atoms with Gasteiger partial charge in [-0.15, -0.1) is 0 Å². The molecule has 100 valence electrons. The largest absolute Gasteiger partial charge is 0.478 e. The van der Waals surface area contributed by atoms with Crippen LogP contribution in [0.1, 0.15) is 10.4 Å². The van der Waals surface area contributed by atoms with E-state index in [1.165, 1.54) is 12.1 Å². The number of carboxylic acid groups (broad SMARTS) is 1. The quantitative estimate of drug-likeness (QED) is 0.731. The van der Waals surface area contributed by atoms with E-state index in [1.54, 1.807) is 18.2 Å². The average molecular weight is 353 g/mol. The van der Waals surface area contributed by atoms with Gasteiger partial charge in [-0.05, 0) is 36.4 Å². The second-order valence-corrected chi connectivity index (χ2v) is 5.45. The van der Waals surface area contributed by atoms with Gasteiger partial charge in [0.05, 0.1) is 16.1 Å². The molecule has 0 saturated carbocycles. The Bertz CT molecular complexity index is 828. The molecule has 0 bridgehead atoms. The number of carbonyl (C=O) groups is 1. The Balaban J connectivity index is 2.15. The summed E-state index contributed by atoms with van der Waals surface area (Å²) in [6.07, 6.45) is 0. The maximum Gasteiger partial charge on any atom is 0.335 e. The van der Waals surface area contributed by atoms with E-state index in [2.05, 4.69) is 20.9 Å². The van der Waals surface area contributed by atoms with Gasteiger partial charge in [-0.1, -0.05) is 27.5 Å². The van der Waals surface area contributed by atoms with Crippen molar-refractivity contribution in [3.63, 3.8) is 0 Å². The van der Waals surface area contributed by atoms with Gasteiger partial charge in [0.2, 0.25) is 5.89 Å². The minimum Gasteiger partial charge on any atom is -0.478 e. The lowest BCUT2D eigenvalue weighted by Crippen LogP contribution is -1.94. The molecule has 0 saturated heterocycles. The third-order valence-electron chi connectivity index (χ3n) is 2.80. The molecule has 0 atom stereocenters. The molecule has 0 unspecified atom stereocenters. The molecular weight excluding hydrogens is 346 g/mol. The molecular formula is C14H7BrClNO3. The Labute approximate surface area is 127 Å². The number of hydrogen-bond acceptors (Lipinski definition) is 3. The summed E-state index contributed by atoms with van der Waals surface area (Å²) < 4.78 is 6.45. The number of rotatable bonds is 2. The first-order valence-electron chi connectivity index (χ1n) is 5.64. The smallest absolute Gasteiger partial charge is 0.335 e. The lowest BCUT2D eigenvalue weighted by atomic mass is 10.2. The Morgan fingerprint density at radius 3 is 2.75 bits per heavy atom. The van der Waals surface area contributed by atoms with Crippen LogP contribution in [0.5, 0.6) is 0 Å². The molecule has 0 spiro atoms. The van der Waals surface area contributed by atoms with Crippen molar-refractivity contribution in [1.82, 2.24) is 4.98 Å². The molecule has 2 aromatic carbocycles. The molecule has 0 fully saturated rings. The number of nitrogens with zero attached hydrogens (tertiary/aromatic N) is 1. The van der Waals surface area contributed by atoms with Crippen LogP contribution >= 0.6 is 27.5 Å². The zero-order chi connectivity index (χ0) is 14.3. The molecule has 0 aliphatic rings. The highest BCUT2D eigenvalue weighted by Gasteiger charge is 2.13. The Hall–Kier alpha value is -1.85. The number of hydrogen-bond donors (Lipinski definition) is 1. The van der Waals surface area contributed by atoms with E-state index in [0.29, 0.717) is 27.6 Å². The van der Waals surface area contributed by atoms with Gasteiger partial charge in [-0.3, -0.25) is 0 Å². The molecule has 0 amide bonds. The van der Waals surface area contributed by atoms with Crippen LogP contribution in [0.4, 0.5) is 0 Å². The number of benzene rings is 2. The zero-order valence-corrected chi connectivity index (χ0v) is 12.3. The third-order valence-corrected chi connectivity index (χ3v) is 3.60. The first kappa shape index (κ1) is 13.1. The van der Waals surface area contributed by atoms with Gasteiger partial charge in [-0.25, -0.2) is 9.78 Å². The van der Waals surface area contributed by atoms with Gasteiger partial charge >= 0.3 is 5.97 Å². The van der Waals surface area contributed by atoms with E-state index in [4.69, 9.17) is 21.1 Å². The van der Waals surface area contributed by atoms with E-state index in [0.717, 1.165) is 4.47 Å². The first-order valence-corrected chi connectivity index (χ1v) is 6.81. The second-order valence-electron chi connectivity index (χ2n) is 4.13. The SMILES string of the molecule is O=C(O)c1ccc2nc(-c3ccc(Br)cc3Cl)oc2c1. The first-order chi connectivity index (χ1) is 9.54. The van der Waals surface area contributed by atoms with Crippen molar-refractivity contribution in [3.05, 3.63) is 51.5 Å². The van der Waals surface area contributed by atoms with Crippen molar-refractivity contribution in [2.45, 2.75) is 0 Å². The number of halogens is 2. The minimum atomic E-state index is -1.01. The molecule has 1 N–H and O–H groups in total. The number of fused-ring (bicyclic) bond motifs is 1. The van der Waals surface area contributed by atoms with Crippen LogP contribution in [0.3, 0.4) is 0 Å². The highest BCUT2D eigenvalue weighted by molar-refractivity contribution is 9.10. The van der Waals surface area contributed by atoms with Gasteiger partial charge in [0.1, 0.15) is 5.52 Å². The highest BCUT2D eigenvalue weighted by atomic mass is 79.9. The topological polar surface area (TPSA) is 63.3 Å². The Kier molecular flexibility index (Phi) is 3.23. The van der Waals surface area contributed by atoms with Crippen LogP contribution in [0.15, 0.2) is 45.3 Å². The molecule has 3 aromatic rings. The molecule has 3 rings (SSSR count). The molecule has 1 aromatic heterocycles. The van der Waals surface area contributed by atoms with E-state index in [9.17, 15) is 4.79 Å². The average Bonchev–Trinajstić information content (AvgIpc) is 2.80. The molecule has 0 aliphatic heterocycles. The van der Waals surface area contributed by atoms with Crippen LogP contribution in [0.25, 0.3) is 22.6 Å². The van der Waals surface area contributed by atoms with E-state index < -0.39 is 5.97 Å². The summed E-state index contributed by atoms with van der Waals surface area (Å²) in [7, 11) is 0. The Morgan fingerprint density at radius 1 is 1.25 bits per heavy atom. The predicted octanol–water partition coefficient (Wildman–Crippen LogP) is 4.61. The number of aromatic carboxylic acids is 1. The standard InChI is InChI=1S/C14H7BrClNO3/c15-8-2-3-9(10(16)6-8)13-17-11-4-1-7(14(18)19)5-12(11)20-13/h1-6H,(H,18,19). The summed E-state index contributed by atoms with van der Waals surface area (Å²) in [5, 5.41) is 9.46. The molecule has 1 heterocycles. The maximum absolute atomic E-state index is 10.9. The summed E-state index contributed by atoms with van der Waals surface area (Å²) in [4.78, 5) is 15.2. The maximum atomic E-state index is 10.9. The summed E-state index contributed by atoms with van der Waals surface area (Å²) in [6, 6.07) is 9.90. The van der Waals surface area contributed by atoms with Gasteiger partial charge in [0.15, 0.2) is 5.58 Å². The van der Waals surface area contributed by atoms with Crippen LogP contribution < -0.4 is 0 Å². The number of carboxylic acids is 1. The van der Waals surface area contributed by atoms with Crippen molar-refractivity contribution < 1.29 is 14.3 Å². The van der Waals surface area contributed by atoms with Crippen molar-refractivity contribution in [2.24, 2.45) is 0 Å². The van der Waals surface area contributed by atoms with Gasteiger partial charge in [0.25, 0.3) is 0 Å². The molecule has 20 heavy (non-hydrogen) atoms. The van der Waals surface area contributed by atoms with E-state index in [1.807, 2.05) is 6.07 Å². The second kappa shape index (κ2) is 4.92. The summed E-state index contributed by atoms with van der Waals surface area (Å²) in [5.41, 5.74) is 1.81. The van der Waals surface area contributed by atoms with E-state index >= 15 is 0 Å². The summed E-state index contributed by atoms with van der Waals surface area (Å²) in [5.74, 6) is -0.647. The summed E-state index contributed by atoms with van der Waals surface area (Å²) >= 11 is 9.48. The number of aromatic nitrogens is 1. The monoisotopic (exact) mass is 351 g/mol. The Morgan fingerprint density at radius 2 is 2.05 bits per heavy atom. The van der Waals surface area contributed by atoms with Crippen molar-refractivity contribution >= 4 is 44.6 Å². The molecule has 0 radical (unpaired) electrons.